The van der Waals surface area contributed by atoms with E-state index in [2.05, 4.69) is 109 Å². The highest BCUT2D eigenvalue weighted by Crippen LogP contribution is 2.37. The molecular formula is C38H29N2OP. The monoisotopic (exact) mass is 560 g/mol. The van der Waals surface area contributed by atoms with Gasteiger partial charge in [0.25, 0.3) is 5.91 Å². The smallest absolute Gasteiger partial charge is 0.260 e. The van der Waals surface area contributed by atoms with E-state index in [1.54, 1.807) is 0 Å². The highest BCUT2D eigenvalue weighted by molar-refractivity contribution is 7.80. The number of hydrogen-bond acceptors (Lipinski definition) is 2. The quantitative estimate of drug-likeness (QED) is 0.198. The fraction of sp³-hybridized carbons (Fsp3) is 0.0526. The Labute approximate surface area is 247 Å². The van der Waals surface area contributed by atoms with Gasteiger partial charge in [-0.05, 0) is 52.3 Å². The summed E-state index contributed by atoms with van der Waals surface area (Å²) in [5.74, 6) is 0.696. The van der Waals surface area contributed by atoms with Gasteiger partial charge in [-0.3, -0.25) is 14.7 Å². The molecule has 1 atom stereocenters. The molecule has 0 radical (unpaired) electrons. The molecule has 0 fully saturated rings. The van der Waals surface area contributed by atoms with Crippen LogP contribution in [0.25, 0.3) is 10.8 Å². The molecule has 0 aliphatic carbocycles. The summed E-state index contributed by atoms with van der Waals surface area (Å²) in [4.78, 5) is 21.6. The van der Waals surface area contributed by atoms with Crippen LogP contribution in [0.1, 0.15) is 27.5 Å². The molecule has 1 heterocycles. The van der Waals surface area contributed by atoms with Gasteiger partial charge in [0.05, 0.1) is 12.6 Å². The van der Waals surface area contributed by atoms with Gasteiger partial charge >= 0.3 is 0 Å². The Bertz CT molecular complexity index is 1850. The zero-order valence-electron chi connectivity index (χ0n) is 23.0. The van der Waals surface area contributed by atoms with Crippen molar-refractivity contribution in [3.05, 3.63) is 174 Å². The lowest BCUT2D eigenvalue weighted by Crippen LogP contribution is -2.39. The Morgan fingerprint density at radius 3 is 1.88 bits per heavy atom. The third-order valence-electron chi connectivity index (χ3n) is 7.77. The number of rotatable bonds is 6. The van der Waals surface area contributed by atoms with E-state index in [-0.39, 0.29) is 11.9 Å². The summed E-state index contributed by atoms with van der Waals surface area (Å²) < 4.78 is 0. The van der Waals surface area contributed by atoms with Crippen molar-refractivity contribution >= 4 is 46.4 Å². The third kappa shape index (κ3) is 4.93. The summed E-state index contributed by atoms with van der Waals surface area (Å²) in [6.07, 6.45) is 0. The molecule has 0 N–H and O–H groups in total. The molecule has 0 unspecified atom stereocenters. The SMILES string of the molecule is O=C(c1ccc2ccccc2c1)N1C(c2ccccc2P(c2ccccc2)c2ccccc2)=NC[C@@H]1c1ccccc1. The molecule has 42 heavy (non-hydrogen) atoms. The van der Waals surface area contributed by atoms with Crippen LogP contribution in [0.4, 0.5) is 0 Å². The number of carbonyl (C=O) groups excluding carboxylic acids is 1. The molecule has 7 rings (SSSR count). The third-order valence-corrected chi connectivity index (χ3v) is 10.3. The number of fused-ring (bicyclic) bond motifs is 1. The Kier molecular flexibility index (Phi) is 7.18. The lowest BCUT2D eigenvalue weighted by Gasteiger charge is -2.29. The van der Waals surface area contributed by atoms with E-state index < -0.39 is 7.92 Å². The normalized spacial score (nSPS) is 14.7. The second kappa shape index (κ2) is 11.6. The molecule has 4 heteroatoms. The first-order valence-corrected chi connectivity index (χ1v) is 15.5. The van der Waals surface area contributed by atoms with Crippen molar-refractivity contribution in [3.63, 3.8) is 0 Å². The number of amidine groups is 1. The van der Waals surface area contributed by atoms with Crippen LogP contribution in [0.5, 0.6) is 0 Å². The van der Waals surface area contributed by atoms with Gasteiger partial charge in [0, 0.05) is 11.1 Å². The Morgan fingerprint density at radius 2 is 1.19 bits per heavy atom. The molecule has 0 bridgehead atoms. The van der Waals surface area contributed by atoms with Crippen molar-refractivity contribution in [2.75, 3.05) is 6.54 Å². The summed E-state index contributed by atoms with van der Waals surface area (Å²) in [7, 11) is -0.886. The van der Waals surface area contributed by atoms with Gasteiger partial charge in [-0.25, -0.2) is 0 Å². The molecule has 0 aromatic heterocycles. The minimum Gasteiger partial charge on any atom is -0.283 e. The molecule has 0 saturated heterocycles. The highest BCUT2D eigenvalue weighted by atomic mass is 31.1. The fourth-order valence-corrected chi connectivity index (χ4v) is 8.21. The standard InChI is InChI=1S/C38H29N2OP/c41-38(31-25-24-28-14-10-11-17-30(28)26-31)40-35(29-15-4-1-5-16-29)27-39-37(40)34-22-12-13-23-36(34)42(32-18-6-2-7-19-32)33-20-8-3-9-21-33/h1-26,35H,27H2/t35-/m1/s1. The minimum absolute atomic E-state index is 0.0376. The van der Waals surface area contributed by atoms with Crippen molar-refractivity contribution in [1.29, 1.82) is 0 Å². The average molecular weight is 561 g/mol. The first-order chi connectivity index (χ1) is 20.8. The van der Waals surface area contributed by atoms with Crippen LogP contribution >= 0.6 is 7.92 Å². The average Bonchev–Trinajstić information content (AvgIpc) is 3.51. The summed E-state index contributed by atoms with van der Waals surface area (Å²) in [6, 6.07) is 54.0. The van der Waals surface area contributed by atoms with Crippen molar-refractivity contribution in [3.8, 4) is 0 Å². The second-order valence-electron chi connectivity index (χ2n) is 10.4. The van der Waals surface area contributed by atoms with E-state index in [0.717, 1.165) is 27.7 Å². The van der Waals surface area contributed by atoms with E-state index in [0.29, 0.717) is 12.1 Å². The topological polar surface area (TPSA) is 32.7 Å². The first kappa shape index (κ1) is 26.1. The summed E-state index contributed by atoms with van der Waals surface area (Å²) in [5, 5.41) is 5.88. The zero-order valence-corrected chi connectivity index (χ0v) is 23.9. The number of nitrogens with zero attached hydrogens (tertiary/aromatic N) is 2. The molecule has 1 aliphatic heterocycles. The maximum absolute atomic E-state index is 14.5. The molecule has 0 spiro atoms. The molecular weight excluding hydrogens is 531 g/mol. The van der Waals surface area contributed by atoms with Crippen LogP contribution in [-0.4, -0.2) is 23.2 Å². The molecule has 6 aromatic carbocycles. The molecule has 1 amide bonds. The first-order valence-electron chi connectivity index (χ1n) is 14.2. The number of aliphatic imine (C=N–C) groups is 1. The Balaban J connectivity index is 1.38. The Hall–Kier alpha value is -4.85. The Morgan fingerprint density at radius 1 is 0.619 bits per heavy atom. The largest absolute Gasteiger partial charge is 0.283 e. The van der Waals surface area contributed by atoms with E-state index >= 15 is 0 Å². The van der Waals surface area contributed by atoms with Gasteiger partial charge in [0.15, 0.2) is 0 Å². The van der Waals surface area contributed by atoms with Gasteiger partial charge in [0.1, 0.15) is 5.84 Å². The summed E-state index contributed by atoms with van der Waals surface area (Å²) in [5.41, 5.74) is 2.75. The highest BCUT2D eigenvalue weighted by Gasteiger charge is 2.37. The molecule has 0 saturated carbocycles. The van der Waals surface area contributed by atoms with Crippen LogP contribution in [0.15, 0.2) is 163 Å². The second-order valence-corrected chi connectivity index (χ2v) is 12.5. The van der Waals surface area contributed by atoms with Crippen LogP contribution in [-0.2, 0) is 0 Å². The molecule has 202 valence electrons. The maximum atomic E-state index is 14.5. The van der Waals surface area contributed by atoms with Gasteiger partial charge in [-0.15, -0.1) is 0 Å². The van der Waals surface area contributed by atoms with Crippen LogP contribution in [0, 0.1) is 0 Å². The van der Waals surface area contributed by atoms with E-state index in [1.807, 2.05) is 53.4 Å². The van der Waals surface area contributed by atoms with Gasteiger partial charge in [0.2, 0.25) is 0 Å². The van der Waals surface area contributed by atoms with Crippen molar-refractivity contribution < 1.29 is 4.79 Å². The van der Waals surface area contributed by atoms with Crippen molar-refractivity contribution in [2.24, 2.45) is 4.99 Å². The van der Waals surface area contributed by atoms with E-state index in [1.165, 1.54) is 15.9 Å². The van der Waals surface area contributed by atoms with Gasteiger partial charge in [-0.2, -0.15) is 0 Å². The van der Waals surface area contributed by atoms with E-state index in [9.17, 15) is 4.79 Å². The number of carbonyl (C=O) groups is 1. The number of benzene rings is 6. The predicted molar refractivity (Wildman–Crippen MR) is 176 cm³/mol. The molecule has 3 nitrogen and oxygen atoms in total. The van der Waals surface area contributed by atoms with Crippen LogP contribution in [0.2, 0.25) is 0 Å². The van der Waals surface area contributed by atoms with Gasteiger partial charge in [-0.1, -0.05) is 146 Å². The minimum atomic E-state index is -0.886. The summed E-state index contributed by atoms with van der Waals surface area (Å²) in [6.45, 7) is 0.515. The number of amides is 1. The molecule has 6 aromatic rings. The number of hydrogen-bond donors (Lipinski definition) is 0. The fourth-order valence-electron chi connectivity index (χ4n) is 5.76. The zero-order chi connectivity index (χ0) is 28.3. The van der Waals surface area contributed by atoms with Gasteiger partial charge < -0.3 is 0 Å². The lowest BCUT2D eigenvalue weighted by atomic mass is 10.0. The summed E-state index contributed by atoms with van der Waals surface area (Å²) >= 11 is 0. The molecule has 1 aliphatic rings. The van der Waals surface area contributed by atoms with Crippen molar-refractivity contribution in [1.82, 2.24) is 4.90 Å². The van der Waals surface area contributed by atoms with Crippen LogP contribution in [0.3, 0.4) is 0 Å². The predicted octanol–water partition coefficient (Wildman–Crippen LogP) is 7.24. The lowest BCUT2D eigenvalue weighted by molar-refractivity contribution is 0.0818. The maximum Gasteiger partial charge on any atom is 0.260 e. The van der Waals surface area contributed by atoms with E-state index in [4.69, 9.17) is 4.99 Å². The van der Waals surface area contributed by atoms with Crippen molar-refractivity contribution in [2.45, 2.75) is 6.04 Å². The van der Waals surface area contributed by atoms with Crippen LogP contribution < -0.4 is 15.9 Å².